The molecule has 0 saturated heterocycles. The van der Waals surface area contributed by atoms with Crippen LogP contribution in [0.2, 0.25) is 5.02 Å². The van der Waals surface area contributed by atoms with Crippen LogP contribution in [-0.2, 0) is 13.0 Å². The van der Waals surface area contributed by atoms with Gasteiger partial charge >= 0.3 is 0 Å². The van der Waals surface area contributed by atoms with Crippen LogP contribution in [-0.4, -0.2) is 44.3 Å². The fourth-order valence-electron chi connectivity index (χ4n) is 4.73. The van der Waals surface area contributed by atoms with Gasteiger partial charge in [0.2, 0.25) is 5.95 Å². The Labute approximate surface area is 235 Å². The van der Waals surface area contributed by atoms with E-state index < -0.39 is 6.17 Å². The van der Waals surface area contributed by atoms with Crippen molar-refractivity contribution in [1.82, 2.24) is 25.3 Å². The van der Waals surface area contributed by atoms with Gasteiger partial charge in [0.05, 0.1) is 24.3 Å². The van der Waals surface area contributed by atoms with Crippen molar-refractivity contribution in [3.63, 3.8) is 0 Å². The number of H-pyrrole nitrogens is 1. The summed E-state index contributed by atoms with van der Waals surface area (Å²) in [5.41, 5.74) is 6.45. The first-order chi connectivity index (χ1) is 19.5. The summed E-state index contributed by atoms with van der Waals surface area (Å²) in [7, 11) is 0. The molecule has 2 aromatic heterocycles. The van der Waals surface area contributed by atoms with E-state index >= 15 is 0 Å². The molecule has 1 amide bonds. The van der Waals surface area contributed by atoms with Crippen LogP contribution in [0.15, 0.2) is 90.0 Å². The Morgan fingerprint density at radius 2 is 2.00 bits per heavy atom. The van der Waals surface area contributed by atoms with Gasteiger partial charge in [0.1, 0.15) is 6.17 Å². The monoisotopic (exact) mass is 553 g/mol. The molecule has 1 atom stereocenters. The van der Waals surface area contributed by atoms with Crippen LogP contribution >= 0.6 is 11.6 Å². The minimum Gasteiger partial charge on any atom is -0.352 e. The Balaban J connectivity index is 1.21. The molecule has 10 heteroatoms. The normalized spacial score (nSPS) is 15.8. The topological polar surface area (TPSA) is 108 Å². The first-order valence-corrected chi connectivity index (χ1v) is 13.3. The van der Waals surface area contributed by atoms with Gasteiger partial charge in [-0.05, 0) is 36.4 Å². The van der Waals surface area contributed by atoms with Gasteiger partial charge in [-0.2, -0.15) is 0 Å². The van der Waals surface area contributed by atoms with E-state index in [0.29, 0.717) is 59.4 Å². The lowest BCUT2D eigenvalue weighted by molar-refractivity contribution is 0.0954. The van der Waals surface area contributed by atoms with Crippen molar-refractivity contribution < 1.29 is 9.18 Å². The number of allylic oxidation sites excluding steroid dienone is 4. The number of aromatic amines is 1. The summed E-state index contributed by atoms with van der Waals surface area (Å²) >= 11 is 6.36. The number of rotatable bonds is 7. The van der Waals surface area contributed by atoms with E-state index in [4.69, 9.17) is 21.6 Å². The molecular weight excluding hydrogens is 529 g/mol. The van der Waals surface area contributed by atoms with E-state index in [0.717, 1.165) is 28.1 Å². The Hall–Kier alpha value is -4.63. The maximum Gasteiger partial charge on any atom is 0.251 e. The molecule has 0 radical (unpaired) electrons. The van der Waals surface area contributed by atoms with Crippen LogP contribution < -0.4 is 10.6 Å². The predicted octanol–water partition coefficient (Wildman–Crippen LogP) is 5.76. The smallest absolute Gasteiger partial charge is 0.251 e. The van der Waals surface area contributed by atoms with Crippen LogP contribution in [0.4, 0.5) is 16.0 Å². The highest BCUT2D eigenvalue weighted by molar-refractivity contribution is 6.31. The molecule has 0 bridgehead atoms. The van der Waals surface area contributed by atoms with Crippen molar-refractivity contribution in [2.45, 2.75) is 25.6 Å². The third kappa shape index (κ3) is 5.41. The van der Waals surface area contributed by atoms with Crippen LogP contribution in [0.3, 0.4) is 0 Å². The number of alkyl halides is 1. The number of aromatic nitrogens is 4. The molecular formula is C30H25ClFN7O. The molecule has 1 aliphatic heterocycles. The van der Waals surface area contributed by atoms with Gasteiger partial charge in [-0.25, -0.2) is 19.3 Å². The van der Waals surface area contributed by atoms with Crippen molar-refractivity contribution in [3.8, 4) is 11.3 Å². The second-order valence-electron chi connectivity index (χ2n) is 9.46. The van der Waals surface area contributed by atoms with E-state index in [-0.39, 0.29) is 5.91 Å². The largest absolute Gasteiger partial charge is 0.352 e. The molecule has 200 valence electrons. The Bertz CT molecular complexity index is 1650. The van der Waals surface area contributed by atoms with Crippen LogP contribution in [0.5, 0.6) is 0 Å². The van der Waals surface area contributed by atoms with Crippen LogP contribution in [0.25, 0.3) is 11.3 Å². The first-order valence-electron chi connectivity index (χ1n) is 12.9. The lowest BCUT2D eigenvalue weighted by Crippen LogP contribution is -2.25. The summed E-state index contributed by atoms with van der Waals surface area (Å²) in [6.07, 6.45) is 10.4. The third-order valence-electron chi connectivity index (χ3n) is 6.77. The van der Waals surface area contributed by atoms with Gasteiger partial charge < -0.3 is 15.6 Å². The van der Waals surface area contributed by atoms with Gasteiger partial charge in [0, 0.05) is 76.0 Å². The van der Waals surface area contributed by atoms with Crippen LogP contribution in [0.1, 0.15) is 33.6 Å². The highest BCUT2D eigenvalue weighted by Crippen LogP contribution is 2.35. The number of amides is 1. The number of benzene rings is 2. The van der Waals surface area contributed by atoms with E-state index in [1.165, 1.54) is 0 Å². The Kier molecular flexibility index (Phi) is 7.20. The predicted molar refractivity (Wildman–Crippen MR) is 154 cm³/mol. The van der Waals surface area contributed by atoms with Gasteiger partial charge in [0.15, 0.2) is 0 Å². The number of anilines is 2. The lowest BCUT2D eigenvalue weighted by atomic mass is 9.90. The van der Waals surface area contributed by atoms with Crippen molar-refractivity contribution in [3.05, 3.63) is 112 Å². The molecule has 3 heterocycles. The van der Waals surface area contributed by atoms with Gasteiger partial charge in [-0.3, -0.25) is 9.79 Å². The summed E-state index contributed by atoms with van der Waals surface area (Å²) in [4.78, 5) is 33.6. The molecule has 8 nitrogen and oxygen atoms in total. The van der Waals surface area contributed by atoms with Gasteiger partial charge in [-0.1, -0.05) is 35.9 Å². The zero-order chi connectivity index (χ0) is 27.5. The molecule has 6 rings (SSSR count). The number of imidazole rings is 1. The Morgan fingerprint density at radius 1 is 1.12 bits per heavy atom. The average Bonchev–Trinajstić information content (AvgIpc) is 3.43. The number of carbonyl (C=O) groups is 1. The third-order valence-corrected chi connectivity index (χ3v) is 7.00. The van der Waals surface area contributed by atoms with E-state index in [1.807, 2.05) is 24.3 Å². The molecule has 0 spiro atoms. The number of fused-ring (bicyclic) bond motifs is 3. The highest BCUT2D eigenvalue weighted by Gasteiger charge is 2.26. The molecule has 0 fully saturated rings. The van der Waals surface area contributed by atoms with Crippen molar-refractivity contribution in [2.24, 2.45) is 4.99 Å². The maximum atomic E-state index is 14.9. The Morgan fingerprint density at radius 3 is 2.80 bits per heavy atom. The molecule has 4 aromatic rings. The summed E-state index contributed by atoms with van der Waals surface area (Å²) in [6, 6.07) is 12.6. The van der Waals surface area contributed by atoms with Crippen LogP contribution in [0, 0.1) is 0 Å². The lowest BCUT2D eigenvalue weighted by Gasteiger charge is -2.18. The number of carbonyl (C=O) groups excluding carboxylic acids is 1. The fourth-order valence-corrected chi connectivity index (χ4v) is 4.90. The standard InChI is InChI=1S/C30H25ClFN7O/c31-20-7-10-23-25(13-20)28(24-3-1-2-4-26(24)32)35-14-19-15-36-30(39-27(19)23)38-21-8-5-18(6-9-21)29(40)34-12-11-22-16-33-17-37-22/h1-3,5-10,13,15-17,26H,4,11-12,14H2,(H,33,37)(H,34,40)(H,36,38,39). The van der Waals surface area contributed by atoms with E-state index in [1.54, 1.807) is 55.1 Å². The number of nitrogens with one attached hydrogen (secondary N) is 3. The number of hydrogen-bond acceptors (Lipinski definition) is 6. The van der Waals surface area contributed by atoms with Crippen molar-refractivity contribution in [2.75, 3.05) is 11.9 Å². The zero-order valence-electron chi connectivity index (χ0n) is 21.4. The SMILES string of the molecule is O=C(NCCc1cnc[nH]1)c1ccc(Nc2ncc3c(n2)-c2ccc(Cl)cc2C(C2=CC=CCC2F)=NC3)cc1. The number of halogens is 2. The molecule has 1 aliphatic carbocycles. The summed E-state index contributed by atoms with van der Waals surface area (Å²) in [6.45, 7) is 0.817. The quantitative estimate of drug-likeness (QED) is 0.269. The second kappa shape index (κ2) is 11.2. The highest BCUT2D eigenvalue weighted by atomic mass is 35.5. The first kappa shape index (κ1) is 25.6. The molecule has 40 heavy (non-hydrogen) atoms. The van der Waals surface area contributed by atoms with E-state index in [9.17, 15) is 9.18 Å². The molecule has 2 aliphatic rings. The summed E-state index contributed by atoms with van der Waals surface area (Å²) in [5, 5.41) is 6.66. The average molecular weight is 554 g/mol. The molecule has 0 saturated carbocycles. The van der Waals surface area contributed by atoms with Crippen molar-refractivity contribution >= 4 is 34.9 Å². The zero-order valence-corrected chi connectivity index (χ0v) is 22.1. The minimum absolute atomic E-state index is 0.155. The molecule has 3 N–H and O–H groups in total. The number of hydrogen-bond donors (Lipinski definition) is 3. The second-order valence-corrected chi connectivity index (χ2v) is 9.90. The maximum absolute atomic E-state index is 14.9. The summed E-state index contributed by atoms with van der Waals surface area (Å²) in [5.74, 6) is 0.237. The minimum atomic E-state index is -1.14. The van der Waals surface area contributed by atoms with Crippen molar-refractivity contribution in [1.29, 1.82) is 0 Å². The van der Waals surface area contributed by atoms with E-state index in [2.05, 4.69) is 25.6 Å². The number of aliphatic imine (C=N–C) groups is 1. The fraction of sp³-hybridized carbons (Fsp3) is 0.167. The van der Waals surface area contributed by atoms with Gasteiger partial charge in [-0.15, -0.1) is 0 Å². The number of nitrogens with zero attached hydrogens (tertiary/aromatic N) is 4. The van der Waals surface area contributed by atoms with Gasteiger partial charge in [0.25, 0.3) is 5.91 Å². The summed E-state index contributed by atoms with van der Waals surface area (Å²) < 4.78 is 14.9. The molecule has 2 aromatic carbocycles. The molecule has 1 unspecified atom stereocenters.